The number of hydrogen-bond donors (Lipinski definition) is 2. The molecule has 2 N–H and O–H groups in total. The smallest absolute Gasteiger partial charge is 0.347 e. The molecule has 0 bridgehead atoms. The first-order chi connectivity index (χ1) is 10.9. The molecule has 0 saturated heterocycles. The molecule has 0 spiro atoms. The van der Waals surface area contributed by atoms with Gasteiger partial charge in [0.15, 0.2) is 0 Å². The highest BCUT2D eigenvalue weighted by Gasteiger charge is 2.19. The van der Waals surface area contributed by atoms with Crippen LogP contribution >= 0.6 is 27.3 Å². The average Bonchev–Trinajstić information content (AvgIpc) is 2.89. The van der Waals surface area contributed by atoms with Gasteiger partial charge in [-0.1, -0.05) is 28.1 Å². The molecule has 0 radical (unpaired) electrons. The Morgan fingerprint density at radius 3 is 2.57 bits per heavy atom. The molecule has 1 aromatic carbocycles. The number of hydrogen-bond acceptors (Lipinski definition) is 4. The predicted molar refractivity (Wildman–Crippen MR) is 92.8 cm³/mol. The topological polar surface area (TPSA) is 79.3 Å². The quantitative estimate of drug-likeness (QED) is 0.779. The van der Waals surface area contributed by atoms with Crippen molar-refractivity contribution in [2.75, 3.05) is 0 Å². The molecule has 0 fully saturated rings. The fraction of sp³-hybridized carbons (Fsp3) is 0.312. The molecule has 23 heavy (non-hydrogen) atoms. The molecule has 1 aromatic heterocycles. The number of rotatable bonds is 6. The largest absolute Gasteiger partial charge is 0.477 e. The van der Waals surface area contributed by atoms with E-state index < -0.39 is 5.97 Å². The van der Waals surface area contributed by atoms with Gasteiger partial charge >= 0.3 is 5.97 Å². The van der Waals surface area contributed by atoms with Crippen LogP contribution in [0.2, 0.25) is 0 Å². The van der Waals surface area contributed by atoms with Gasteiger partial charge in [0.25, 0.3) is 0 Å². The van der Waals surface area contributed by atoms with Crippen LogP contribution in [0, 0.1) is 6.92 Å². The highest BCUT2D eigenvalue weighted by molar-refractivity contribution is 9.10. The van der Waals surface area contributed by atoms with Gasteiger partial charge in [0, 0.05) is 10.9 Å². The van der Waals surface area contributed by atoms with Crippen LogP contribution in [0.3, 0.4) is 0 Å². The number of halogens is 1. The maximum absolute atomic E-state index is 12.0. The third kappa shape index (κ3) is 4.87. The van der Waals surface area contributed by atoms with Gasteiger partial charge in [-0.3, -0.25) is 4.79 Å². The van der Waals surface area contributed by atoms with Crippen LogP contribution in [0.15, 0.2) is 28.7 Å². The van der Waals surface area contributed by atoms with Crippen molar-refractivity contribution < 1.29 is 14.7 Å². The van der Waals surface area contributed by atoms with Crippen molar-refractivity contribution >= 4 is 39.1 Å². The highest BCUT2D eigenvalue weighted by Crippen LogP contribution is 2.23. The summed E-state index contributed by atoms with van der Waals surface area (Å²) in [6.45, 7) is 3.47. The van der Waals surface area contributed by atoms with Crippen LogP contribution < -0.4 is 5.32 Å². The molecular weight excluding hydrogens is 380 g/mol. The maximum Gasteiger partial charge on any atom is 0.347 e. The van der Waals surface area contributed by atoms with Crippen molar-refractivity contribution in [1.29, 1.82) is 0 Å². The van der Waals surface area contributed by atoms with Crippen molar-refractivity contribution in [3.63, 3.8) is 0 Å². The van der Waals surface area contributed by atoms with E-state index in [1.807, 2.05) is 24.3 Å². The minimum absolute atomic E-state index is 0.0786. The summed E-state index contributed by atoms with van der Waals surface area (Å²) in [4.78, 5) is 27.5. The first-order valence-electron chi connectivity index (χ1n) is 7.11. The molecule has 0 aliphatic carbocycles. The third-order valence-electron chi connectivity index (χ3n) is 3.31. The van der Waals surface area contributed by atoms with Crippen LogP contribution in [-0.2, 0) is 11.2 Å². The number of thiazole rings is 1. The van der Waals surface area contributed by atoms with Crippen molar-refractivity contribution in [3.8, 4) is 0 Å². The fourth-order valence-electron chi connectivity index (χ4n) is 2.09. The Kier molecular flexibility index (Phi) is 5.90. The van der Waals surface area contributed by atoms with E-state index in [0.29, 0.717) is 23.5 Å². The van der Waals surface area contributed by atoms with E-state index >= 15 is 0 Å². The number of nitrogens with one attached hydrogen (secondary N) is 1. The second-order valence-electron chi connectivity index (χ2n) is 5.19. The van der Waals surface area contributed by atoms with Gasteiger partial charge in [0.2, 0.25) is 5.91 Å². The molecule has 0 aliphatic heterocycles. The molecule has 0 saturated carbocycles. The molecular formula is C16H17BrN2O3S. The van der Waals surface area contributed by atoms with Crippen LogP contribution in [0.4, 0.5) is 0 Å². The Morgan fingerprint density at radius 1 is 1.35 bits per heavy atom. The normalized spacial score (nSPS) is 12.0. The van der Waals surface area contributed by atoms with E-state index in [-0.39, 0.29) is 16.8 Å². The van der Waals surface area contributed by atoms with E-state index in [9.17, 15) is 9.59 Å². The lowest BCUT2D eigenvalue weighted by Crippen LogP contribution is -2.26. The van der Waals surface area contributed by atoms with Crippen LogP contribution in [-0.4, -0.2) is 22.0 Å². The maximum atomic E-state index is 12.0. The molecule has 7 heteroatoms. The Bertz CT molecular complexity index is 713. The van der Waals surface area contributed by atoms with Crippen molar-refractivity contribution in [2.45, 2.75) is 32.7 Å². The Morgan fingerprint density at radius 2 is 2.00 bits per heavy atom. The summed E-state index contributed by atoms with van der Waals surface area (Å²) in [5.74, 6) is -1.06. The number of aromatic nitrogens is 1. The van der Waals surface area contributed by atoms with Crippen molar-refractivity contribution in [2.24, 2.45) is 0 Å². The summed E-state index contributed by atoms with van der Waals surface area (Å²) in [5, 5.41) is 12.5. The number of benzene rings is 1. The van der Waals surface area contributed by atoms with E-state index in [2.05, 4.69) is 26.2 Å². The van der Waals surface area contributed by atoms with E-state index in [1.54, 1.807) is 13.8 Å². The molecule has 1 heterocycles. The van der Waals surface area contributed by atoms with Crippen molar-refractivity contribution in [3.05, 3.63) is 49.9 Å². The lowest BCUT2D eigenvalue weighted by Gasteiger charge is -2.11. The van der Waals surface area contributed by atoms with Crippen LogP contribution in [0.5, 0.6) is 0 Å². The zero-order valence-electron chi connectivity index (χ0n) is 12.8. The number of carbonyl (C=O) groups excluding carboxylic acids is 1. The number of nitrogens with zero attached hydrogens (tertiary/aromatic N) is 1. The van der Waals surface area contributed by atoms with Gasteiger partial charge in [-0.05, 0) is 38.0 Å². The Hall–Kier alpha value is -1.73. The van der Waals surface area contributed by atoms with Gasteiger partial charge in [-0.15, -0.1) is 11.3 Å². The average molecular weight is 397 g/mol. The molecule has 1 amide bonds. The number of carboxylic acid groups (broad SMARTS) is 1. The van der Waals surface area contributed by atoms with Crippen LogP contribution in [0.1, 0.15) is 45.3 Å². The first-order valence-corrected chi connectivity index (χ1v) is 8.72. The minimum Gasteiger partial charge on any atom is -0.477 e. The van der Waals surface area contributed by atoms with Gasteiger partial charge < -0.3 is 10.4 Å². The summed E-state index contributed by atoms with van der Waals surface area (Å²) in [6.07, 6.45) is 1.03. The zero-order valence-corrected chi connectivity index (χ0v) is 15.2. The van der Waals surface area contributed by atoms with Gasteiger partial charge in [0.1, 0.15) is 9.88 Å². The number of carbonyl (C=O) groups is 2. The number of aromatic carboxylic acids is 1. The highest BCUT2D eigenvalue weighted by atomic mass is 79.9. The van der Waals surface area contributed by atoms with Gasteiger partial charge in [-0.25, -0.2) is 9.78 Å². The standard InChI is InChI=1S/C16H17BrN2O3S/c1-9-14(16(21)22)23-15(19-9)10(2)18-13(20)8-5-11-3-6-12(17)7-4-11/h3-4,6-7,10H,5,8H2,1-2H3,(H,18,20)(H,21,22). The summed E-state index contributed by atoms with van der Waals surface area (Å²) < 4.78 is 1.01. The lowest BCUT2D eigenvalue weighted by atomic mass is 10.1. The zero-order chi connectivity index (χ0) is 17.0. The van der Waals surface area contributed by atoms with Gasteiger partial charge in [0.05, 0.1) is 11.7 Å². The van der Waals surface area contributed by atoms with Crippen molar-refractivity contribution in [1.82, 2.24) is 10.3 Å². The summed E-state index contributed by atoms with van der Waals surface area (Å²) in [5.41, 5.74) is 1.57. The first kappa shape index (κ1) is 17.6. The summed E-state index contributed by atoms with van der Waals surface area (Å²) in [7, 11) is 0. The minimum atomic E-state index is -0.986. The lowest BCUT2D eigenvalue weighted by molar-refractivity contribution is -0.121. The molecule has 5 nitrogen and oxygen atoms in total. The predicted octanol–water partition coefficient (Wildman–Crippen LogP) is 3.72. The molecule has 122 valence electrons. The molecule has 0 aliphatic rings. The Balaban J connectivity index is 1.90. The SMILES string of the molecule is Cc1nc(C(C)NC(=O)CCc2ccc(Br)cc2)sc1C(=O)O. The second kappa shape index (κ2) is 7.70. The molecule has 2 rings (SSSR count). The van der Waals surface area contributed by atoms with E-state index in [4.69, 9.17) is 5.11 Å². The van der Waals surface area contributed by atoms with Gasteiger partial charge in [-0.2, -0.15) is 0 Å². The summed E-state index contributed by atoms with van der Waals surface area (Å²) in [6, 6.07) is 7.54. The molecule has 1 atom stereocenters. The third-order valence-corrected chi connectivity index (χ3v) is 5.17. The van der Waals surface area contributed by atoms with E-state index in [0.717, 1.165) is 21.4 Å². The molecule has 1 unspecified atom stereocenters. The van der Waals surface area contributed by atoms with E-state index in [1.165, 1.54) is 0 Å². The number of carboxylic acids is 1. The molecule has 2 aromatic rings. The number of aryl methyl sites for hydroxylation is 2. The van der Waals surface area contributed by atoms with Crippen LogP contribution in [0.25, 0.3) is 0 Å². The fourth-order valence-corrected chi connectivity index (χ4v) is 3.26. The number of amides is 1. The Labute approximate surface area is 146 Å². The monoisotopic (exact) mass is 396 g/mol. The second-order valence-corrected chi connectivity index (χ2v) is 7.13. The summed E-state index contributed by atoms with van der Waals surface area (Å²) >= 11 is 4.48.